The lowest BCUT2D eigenvalue weighted by Crippen LogP contribution is -2.21. The first-order chi connectivity index (χ1) is 9.09. The van der Waals surface area contributed by atoms with E-state index in [-0.39, 0.29) is 11.7 Å². The van der Waals surface area contributed by atoms with E-state index in [4.69, 9.17) is 0 Å². The second-order valence-corrected chi connectivity index (χ2v) is 6.06. The predicted molar refractivity (Wildman–Crippen MR) is 75.2 cm³/mol. The Morgan fingerprint density at radius 1 is 1.32 bits per heavy atom. The molecular formula is C15H14O3S. The Morgan fingerprint density at radius 3 is 2.63 bits per heavy atom. The molecule has 4 heteroatoms. The molecule has 1 aromatic carbocycles. The molecule has 0 atom stereocenters. The number of aromatic carboxylic acids is 1. The Bertz CT molecular complexity index is 680. The van der Waals surface area contributed by atoms with Gasteiger partial charge in [-0.3, -0.25) is 4.79 Å². The van der Waals surface area contributed by atoms with Gasteiger partial charge >= 0.3 is 5.97 Å². The van der Waals surface area contributed by atoms with Crippen LogP contribution in [0.3, 0.4) is 0 Å². The summed E-state index contributed by atoms with van der Waals surface area (Å²) < 4.78 is 0.828. The molecule has 1 aromatic heterocycles. The molecule has 0 saturated heterocycles. The SMILES string of the molecule is Cc1c(C(=O)O)sc2c(C(=O)C3CCC3)cccc12. The van der Waals surface area contributed by atoms with Crippen molar-refractivity contribution in [1.29, 1.82) is 0 Å². The smallest absolute Gasteiger partial charge is 0.346 e. The number of carbonyl (C=O) groups excluding carboxylic acids is 1. The summed E-state index contributed by atoms with van der Waals surface area (Å²) in [6.07, 6.45) is 3.05. The number of benzene rings is 1. The summed E-state index contributed by atoms with van der Waals surface area (Å²) >= 11 is 1.22. The van der Waals surface area contributed by atoms with Crippen molar-refractivity contribution in [2.75, 3.05) is 0 Å². The van der Waals surface area contributed by atoms with Crippen LogP contribution in [-0.4, -0.2) is 16.9 Å². The molecule has 0 bridgehead atoms. The van der Waals surface area contributed by atoms with E-state index in [0.29, 0.717) is 10.4 Å². The van der Waals surface area contributed by atoms with Crippen molar-refractivity contribution >= 4 is 33.2 Å². The lowest BCUT2D eigenvalue weighted by molar-refractivity contribution is 0.0701. The lowest BCUT2D eigenvalue weighted by Gasteiger charge is -2.23. The molecule has 0 aliphatic heterocycles. The van der Waals surface area contributed by atoms with Crippen LogP contribution in [-0.2, 0) is 0 Å². The van der Waals surface area contributed by atoms with Gasteiger partial charge in [-0.25, -0.2) is 4.79 Å². The van der Waals surface area contributed by atoms with E-state index < -0.39 is 5.97 Å². The Hall–Kier alpha value is -1.68. The maximum atomic E-state index is 12.4. The molecule has 3 rings (SSSR count). The fourth-order valence-electron chi connectivity index (χ4n) is 2.53. The molecule has 1 aliphatic rings. The monoisotopic (exact) mass is 274 g/mol. The van der Waals surface area contributed by atoms with Crippen LogP contribution in [0.4, 0.5) is 0 Å². The van der Waals surface area contributed by atoms with Crippen LogP contribution >= 0.6 is 11.3 Å². The summed E-state index contributed by atoms with van der Waals surface area (Å²) in [5.41, 5.74) is 1.46. The molecule has 1 aliphatic carbocycles. The van der Waals surface area contributed by atoms with Crippen LogP contribution in [0, 0.1) is 12.8 Å². The molecule has 1 fully saturated rings. The largest absolute Gasteiger partial charge is 0.477 e. The maximum absolute atomic E-state index is 12.4. The summed E-state index contributed by atoms with van der Waals surface area (Å²) in [7, 11) is 0. The Kier molecular flexibility index (Phi) is 2.90. The molecule has 3 nitrogen and oxygen atoms in total. The number of rotatable bonds is 3. The first kappa shape index (κ1) is 12.4. The van der Waals surface area contributed by atoms with E-state index in [1.54, 1.807) is 6.92 Å². The van der Waals surface area contributed by atoms with E-state index in [2.05, 4.69) is 0 Å². The molecular weight excluding hydrogens is 260 g/mol. The van der Waals surface area contributed by atoms with Gasteiger partial charge in [0, 0.05) is 16.2 Å². The molecule has 0 spiro atoms. The number of ketones is 1. The summed E-state index contributed by atoms with van der Waals surface area (Å²) in [4.78, 5) is 23.9. The number of carbonyl (C=O) groups is 2. The zero-order valence-corrected chi connectivity index (χ0v) is 11.4. The number of aryl methyl sites for hydroxylation is 1. The molecule has 0 radical (unpaired) electrons. The summed E-state index contributed by atoms with van der Waals surface area (Å²) in [6, 6.07) is 5.56. The second-order valence-electron chi connectivity index (χ2n) is 5.04. The maximum Gasteiger partial charge on any atom is 0.346 e. The third kappa shape index (κ3) is 1.87. The molecule has 0 amide bonds. The first-order valence-electron chi connectivity index (χ1n) is 6.39. The van der Waals surface area contributed by atoms with E-state index >= 15 is 0 Å². The molecule has 2 aromatic rings. The fraction of sp³-hybridized carbons (Fsp3) is 0.333. The zero-order valence-electron chi connectivity index (χ0n) is 10.6. The van der Waals surface area contributed by atoms with Gasteiger partial charge in [-0.05, 0) is 36.8 Å². The van der Waals surface area contributed by atoms with Gasteiger partial charge in [0.2, 0.25) is 0 Å². The third-order valence-electron chi connectivity index (χ3n) is 3.90. The average molecular weight is 274 g/mol. The summed E-state index contributed by atoms with van der Waals surface area (Å²) in [6.45, 7) is 1.81. The summed E-state index contributed by atoms with van der Waals surface area (Å²) in [5, 5.41) is 10.1. The minimum atomic E-state index is -0.916. The first-order valence-corrected chi connectivity index (χ1v) is 7.21. The van der Waals surface area contributed by atoms with Gasteiger partial charge < -0.3 is 5.11 Å². The van der Waals surface area contributed by atoms with Crippen LogP contribution in [0.25, 0.3) is 10.1 Å². The highest BCUT2D eigenvalue weighted by Gasteiger charge is 2.28. The fourth-order valence-corrected chi connectivity index (χ4v) is 3.70. The molecule has 1 N–H and O–H groups in total. The van der Waals surface area contributed by atoms with Gasteiger partial charge in [0.25, 0.3) is 0 Å². The highest BCUT2D eigenvalue weighted by atomic mass is 32.1. The van der Waals surface area contributed by atoms with Gasteiger partial charge in [0.05, 0.1) is 0 Å². The number of hydrogen-bond acceptors (Lipinski definition) is 3. The van der Waals surface area contributed by atoms with Gasteiger partial charge in [0.1, 0.15) is 4.88 Å². The van der Waals surface area contributed by atoms with Crippen molar-refractivity contribution in [2.45, 2.75) is 26.2 Å². The van der Waals surface area contributed by atoms with Crippen molar-refractivity contribution in [1.82, 2.24) is 0 Å². The number of carboxylic acid groups (broad SMARTS) is 1. The number of hydrogen-bond donors (Lipinski definition) is 1. The molecule has 0 unspecified atom stereocenters. The second kappa shape index (κ2) is 4.46. The minimum Gasteiger partial charge on any atom is -0.477 e. The number of fused-ring (bicyclic) bond motifs is 1. The Labute approximate surface area is 114 Å². The molecule has 19 heavy (non-hydrogen) atoms. The van der Waals surface area contributed by atoms with Crippen LogP contribution in [0.1, 0.15) is 44.9 Å². The highest BCUT2D eigenvalue weighted by molar-refractivity contribution is 7.21. The van der Waals surface area contributed by atoms with Gasteiger partial charge in [0.15, 0.2) is 5.78 Å². The van der Waals surface area contributed by atoms with Gasteiger partial charge in [-0.15, -0.1) is 11.3 Å². The van der Waals surface area contributed by atoms with E-state index in [1.807, 2.05) is 18.2 Å². The topological polar surface area (TPSA) is 54.4 Å². The summed E-state index contributed by atoms with van der Waals surface area (Å²) in [5.74, 6) is -0.600. The molecule has 1 saturated carbocycles. The highest BCUT2D eigenvalue weighted by Crippen LogP contribution is 2.37. The zero-order chi connectivity index (χ0) is 13.6. The van der Waals surface area contributed by atoms with E-state index in [1.165, 1.54) is 11.3 Å². The van der Waals surface area contributed by atoms with Crippen molar-refractivity contribution in [2.24, 2.45) is 5.92 Å². The average Bonchev–Trinajstić information content (AvgIpc) is 2.65. The minimum absolute atomic E-state index is 0.140. The van der Waals surface area contributed by atoms with Crippen LogP contribution in [0.15, 0.2) is 18.2 Å². The molecule has 98 valence electrons. The number of carboxylic acids is 1. The third-order valence-corrected chi connectivity index (χ3v) is 5.23. The van der Waals surface area contributed by atoms with Gasteiger partial charge in [-0.1, -0.05) is 18.6 Å². The van der Waals surface area contributed by atoms with Crippen molar-refractivity contribution in [3.8, 4) is 0 Å². The van der Waals surface area contributed by atoms with Crippen molar-refractivity contribution in [3.05, 3.63) is 34.2 Å². The van der Waals surface area contributed by atoms with E-state index in [0.717, 1.165) is 34.9 Å². The standard InChI is InChI=1S/C15H14O3S/c1-8-10-6-3-7-11(12(16)9-4-2-5-9)14(10)19-13(8)15(17)18/h3,6-7,9H,2,4-5H2,1H3,(H,17,18). The predicted octanol–water partition coefficient (Wildman–Crippen LogP) is 3.89. The van der Waals surface area contributed by atoms with E-state index in [9.17, 15) is 14.7 Å². The Balaban J connectivity index is 2.17. The van der Waals surface area contributed by atoms with Crippen molar-refractivity contribution in [3.63, 3.8) is 0 Å². The van der Waals surface area contributed by atoms with Crippen molar-refractivity contribution < 1.29 is 14.7 Å². The Morgan fingerprint density at radius 2 is 2.05 bits per heavy atom. The normalized spacial score (nSPS) is 15.4. The van der Waals surface area contributed by atoms with Crippen LogP contribution < -0.4 is 0 Å². The lowest BCUT2D eigenvalue weighted by atomic mass is 9.80. The number of Topliss-reactive ketones (excluding diaryl/α,β-unsaturated/α-hetero) is 1. The quantitative estimate of drug-likeness (QED) is 0.864. The number of thiophene rings is 1. The van der Waals surface area contributed by atoms with Gasteiger partial charge in [-0.2, -0.15) is 0 Å². The molecule has 1 heterocycles. The van der Waals surface area contributed by atoms with Crippen LogP contribution in [0.5, 0.6) is 0 Å². The van der Waals surface area contributed by atoms with Crippen LogP contribution in [0.2, 0.25) is 0 Å².